The molecule has 2 heterocycles. The van der Waals surface area contributed by atoms with Gasteiger partial charge in [-0.2, -0.15) is 4.31 Å². The molecular weight excluding hydrogens is 410 g/mol. The van der Waals surface area contributed by atoms with Crippen molar-refractivity contribution >= 4 is 27.7 Å². The summed E-state index contributed by atoms with van der Waals surface area (Å²) in [4.78, 5) is 12.6. The molecular formula is C19H33N5O3S2. The third kappa shape index (κ3) is 5.32. The van der Waals surface area contributed by atoms with Crippen LogP contribution < -0.4 is 5.32 Å². The summed E-state index contributed by atoms with van der Waals surface area (Å²) in [5.41, 5.74) is 0. The van der Waals surface area contributed by atoms with Gasteiger partial charge < -0.3 is 9.88 Å². The van der Waals surface area contributed by atoms with Crippen molar-refractivity contribution < 1.29 is 13.2 Å². The molecule has 1 atom stereocenters. The predicted molar refractivity (Wildman–Crippen MR) is 114 cm³/mol. The van der Waals surface area contributed by atoms with Crippen molar-refractivity contribution in [2.24, 2.45) is 0 Å². The SMILES string of the molecule is CCCS(=O)(=O)N1CCCC1C(=O)NCCCc1nnc(SC)n1C1CCCC1. The number of aryl methyl sites for hydroxylation is 1. The molecule has 1 saturated carbocycles. The first-order valence-electron chi connectivity index (χ1n) is 10.7. The molecule has 1 unspecified atom stereocenters. The van der Waals surface area contributed by atoms with Crippen molar-refractivity contribution in [1.82, 2.24) is 24.4 Å². The Balaban J connectivity index is 1.52. The van der Waals surface area contributed by atoms with Gasteiger partial charge in [-0.1, -0.05) is 31.5 Å². The van der Waals surface area contributed by atoms with Crippen molar-refractivity contribution in [3.63, 3.8) is 0 Å². The van der Waals surface area contributed by atoms with E-state index in [1.165, 1.54) is 30.0 Å². The lowest BCUT2D eigenvalue weighted by molar-refractivity contribution is -0.124. The summed E-state index contributed by atoms with van der Waals surface area (Å²) in [5.74, 6) is 0.915. The van der Waals surface area contributed by atoms with Crippen LogP contribution in [0.2, 0.25) is 0 Å². The molecule has 1 amide bonds. The third-order valence-corrected chi connectivity index (χ3v) is 8.53. The van der Waals surface area contributed by atoms with E-state index in [0.717, 1.165) is 30.2 Å². The molecule has 0 spiro atoms. The third-order valence-electron chi connectivity index (χ3n) is 5.81. The molecule has 1 aliphatic carbocycles. The monoisotopic (exact) mass is 443 g/mol. The highest BCUT2D eigenvalue weighted by Crippen LogP contribution is 2.33. The van der Waals surface area contributed by atoms with Crippen LogP contribution >= 0.6 is 11.8 Å². The summed E-state index contributed by atoms with van der Waals surface area (Å²) < 4.78 is 28.4. The first kappa shape index (κ1) is 22.6. The fraction of sp³-hybridized carbons (Fsp3) is 0.842. The summed E-state index contributed by atoms with van der Waals surface area (Å²) in [7, 11) is -3.34. The average molecular weight is 444 g/mol. The van der Waals surface area contributed by atoms with Gasteiger partial charge in [0.1, 0.15) is 11.9 Å². The summed E-state index contributed by atoms with van der Waals surface area (Å²) >= 11 is 1.63. The van der Waals surface area contributed by atoms with Gasteiger partial charge in [0.2, 0.25) is 15.9 Å². The Morgan fingerprint density at radius 1 is 1.21 bits per heavy atom. The van der Waals surface area contributed by atoms with E-state index in [2.05, 4.69) is 20.1 Å². The van der Waals surface area contributed by atoms with E-state index in [1.807, 2.05) is 13.2 Å². The predicted octanol–water partition coefficient (Wildman–Crippen LogP) is 2.37. The lowest BCUT2D eigenvalue weighted by atomic mass is 10.2. The van der Waals surface area contributed by atoms with E-state index < -0.39 is 16.1 Å². The van der Waals surface area contributed by atoms with Crippen LogP contribution in [-0.4, -0.2) is 64.5 Å². The number of amides is 1. The minimum absolute atomic E-state index is 0.103. The molecule has 8 nitrogen and oxygen atoms in total. The average Bonchev–Trinajstić information content (AvgIpc) is 3.44. The van der Waals surface area contributed by atoms with E-state index in [-0.39, 0.29) is 11.7 Å². The second kappa shape index (κ2) is 10.3. The van der Waals surface area contributed by atoms with E-state index >= 15 is 0 Å². The lowest BCUT2D eigenvalue weighted by Crippen LogP contribution is -2.46. The zero-order valence-corrected chi connectivity index (χ0v) is 19.1. The molecule has 0 bridgehead atoms. The molecule has 0 aromatic carbocycles. The maximum Gasteiger partial charge on any atom is 0.238 e. The van der Waals surface area contributed by atoms with E-state index in [0.29, 0.717) is 32.0 Å². The second-order valence-electron chi connectivity index (χ2n) is 7.89. The Labute approximate surface area is 178 Å². The molecule has 3 rings (SSSR count). The number of nitrogens with one attached hydrogen (secondary N) is 1. The second-order valence-corrected chi connectivity index (χ2v) is 10.7. The number of hydrogen-bond donors (Lipinski definition) is 1. The van der Waals surface area contributed by atoms with Crippen molar-refractivity contribution in [3.05, 3.63) is 5.82 Å². The molecule has 164 valence electrons. The standard InChI is InChI=1S/C19H33N5O3S2/c1-3-14-29(26,27)23-13-7-10-16(23)18(25)20-12-6-11-17-21-22-19(28-2)24(17)15-8-4-5-9-15/h15-16H,3-14H2,1-2H3,(H,20,25). The molecule has 1 aliphatic heterocycles. The molecule has 1 saturated heterocycles. The zero-order chi connectivity index (χ0) is 20.9. The van der Waals surface area contributed by atoms with Crippen molar-refractivity contribution in [1.29, 1.82) is 0 Å². The summed E-state index contributed by atoms with van der Waals surface area (Å²) in [6, 6.07) is -0.0651. The molecule has 0 radical (unpaired) electrons. The quantitative estimate of drug-likeness (QED) is 0.440. The molecule has 2 fully saturated rings. The molecule has 10 heteroatoms. The summed E-state index contributed by atoms with van der Waals surface area (Å²) in [6.45, 7) is 2.81. The molecule has 29 heavy (non-hydrogen) atoms. The lowest BCUT2D eigenvalue weighted by Gasteiger charge is -2.23. The number of nitrogens with zero attached hydrogens (tertiary/aromatic N) is 4. The maximum atomic E-state index is 12.6. The largest absolute Gasteiger partial charge is 0.355 e. The van der Waals surface area contributed by atoms with Gasteiger partial charge in [-0.05, 0) is 44.8 Å². The highest BCUT2D eigenvalue weighted by atomic mass is 32.2. The van der Waals surface area contributed by atoms with Gasteiger partial charge in [-0.25, -0.2) is 8.42 Å². The van der Waals surface area contributed by atoms with Crippen molar-refractivity contribution in [2.75, 3.05) is 25.1 Å². The van der Waals surface area contributed by atoms with E-state index in [1.54, 1.807) is 11.8 Å². The van der Waals surface area contributed by atoms with Gasteiger partial charge >= 0.3 is 0 Å². The van der Waals surface area contributed by atoms with Crippen LogP contribution in [0.3, 0.4) is 0 Å². The van der Waals surface area contributed by atoms with Gasteiger partial charge in [0, 0.05) is 25.6 Å². The number of thioether (sulfide) groups is 1. The van der Waals surface area contributed by atoms with Gasteiger partial charge in [0.05, 0.1) is 5.75 Å². The van der Waals surface area contributed by atoms with Crippen LogP contribution in [-0.2, 0) is 21.2 Å². The van der Waals surface area contributed by atoms with Crippen LogP contribution in [0.25, 0.3) is 0 Å². The zero-order valence-electron chi connectivity index (χ0n) is 17.5. The summed E-state index contributed by atoms with van der Waals surface area (Å²) in [6.07, 6.45) is 10.3. The first-order chi connectivity index (χ1) is 14.0. The van der Waals surface area contributed by atoms with Crippen LogP contribution in [0.4, 0.5) is 0 Å². The van der Waals surface area contributed by atoms with Gasteiger partial charge in [0.25, 0.3) is 0 Å². The number of hydrogen-bond acceptors (Lipinski definition) is 6. The van der Waals surface area contributed by atoms with Gasteiger partial charge in [-0.3, -0.25) is 4.79 Å². The Morgan fingerprint density at radius 2 is 1.97 bits per heavy atom. The Hall–Kier alpha value is -1.13. The van der Waals surface area contributed by atoms with Crippen molar-refractivity contribution in [2.45, 2.75) is 82.0 Å². The Kier molecular flexibility index (Phi) is 7.98. The fourth-order valence-electron chi connectivity index (χ4n) is 4.43. The fourth-order valence-corrected chi connectivity index (χ4v) is 6.75. The molecule has 2 aliphatic rings. The highest BCUT2D eigenvalue weighted by Gasteiger charge is 2.37. The Bertz CT molecular complexity index is 790. The smallest absolute Gasteiger partial charge is 0.238 e. The number of carbonyl (C=O) groups is 1. The van der Waals surface area contributed by atoms with Crippen LogP contribution in [0.1, 0.15) is 70.2 Å². The van der Waals surface area contributed by atoms with Crippen LogP contribution in [0.5, 0.6) is 0 Å². The van der Waals surface area contributed by atoms with Gasteiger partial charge in [0.15, 0.2) is 5.16 Å². The number of aromatic nitrogens is 3. The maximum absolute atomic E-state index is 12.6. The van der Waals surface area contributed by atoms with E-state index in [4.69, 9.17) is 0 Å². The molecule has 1 aromatic rings. The van der Waals surface area contributed by atoms with Crippen LogP contribution in [0.15, 0.2) is 5.16 Å². The summed E-state index contributed by atoms with van der Waals surface area (Å²) in [5, 5.41) is 12.6. The number of carbonyl (C=O) groups excluding carboxylic acids is 1. The Morgan fingerprint density at radius 3 is 2.66 bits per heavy atom. The first-order valence-corrected chi connectivity index (χ1v) is 13.6. The number of rotatable bonds is 10. The van der Waals surface area contributed by atoms with Gasteiger partial charge in [-0.15, -0.1) is 10.2 Å². The topological polar surface area (TPSA) is 97.2 Å². The van der Waals surface area contributed by atoms with E-state index in [9.17, 15) is 13.2 Å². The number of sulfonamides is 1. The molecule has 1 N–H and O–H groups in total. The van der Waals surface area contributed by atoms with Crippen molar-refractivity contribution in [3.8, 4) is 0 Å². The molecule has 1 aromatic heterocycles. The highest BCUT2D eigenvalue weighted by molar-refractivity contribution is 7.98. The minimum atomic E-state index is -3.34. The normalized spacial score (nSPS) is 21.1. The minimum Gasteiger partial charge on any atom is -0.355 e. The van der Waals surface area contributed by atoms with Crippen LogP contribution in [0, 0.1) is 0 Å².